The fraction of sp³-hybridized carbons (Fsp3) is 0.412. The predicted molar refractivity (Wildman–Crippen MR) is 85.6 cm³/mol. The first-order valence-electron chi connectivity index (χ1n) is 7.95. The zero-order valence-electron chi connectivity index (χ0n) is 12.9. The Kier molecular flexibility index (Phi) is 4.71. The van der Waals surface area contributed by atoms with Crippen molar-refractivity contribution >= 4 is 5.91 Å². The van der Waals surface area contributed by atoms with Crippen molar-refractivity contribution in [1.82, 2.24) is 15.1 Å². The van der Waals surface area contributed by atoms with Crippen LogP contribution in [0.1, 0.15) is 25.0 Å². The summed E-state index contributed by atoms with van der Waals surface area (Å²) in [5, 5.41) is 7.40. The number of amides is 1. The Labute approximate surface area is 134 Å². The van der Waals surface area contributed by atoms with Crippen LogP contribution in [0.2, 0.25) is 0 Å². The first kappa shape index (κ1) is 15.7. The molecule has 1 saturated carbocycles. The summed E-state index contributed by atoms with van der Waals surface area (Å²) < 4.78 is 14.6. The summed E-state index contributed by atoms with van der Waals surface area (Å²) in [5.41, 5.74) is 7.53. The van der Waals surface area contributed by atoms with Crippen molar-refractivity contribution in [3.63, 3.8) is 0 Å². The topological polar surface area (TPSA) is 72.9 Å². The van der Waals surface area contributed by atoms with Gasteiger partial charge in [0.2, 0.25) is 5.91 Å². The molecule has 0 radical (unpaired) electrons. The second-order valence-corrected chi connectivity index (χ2v) is 6.04. The number of halogens is 1. The molecule has 2 unspecified atom stereocenters. The molecule has 1 aromatic heterocycles. The van der Waals surface area contributed by atoms with Crippen LogP contribution < -0.4 is 11.1 Å². The van der Waals surface area contributed by atoms with Crippen molar-refractivity contribution in [3.05, 3.63) is 48.0 Å². The lowest BCUT2D eigenvalue weighted by molar-refractivity contribution is -0.124. The maximum atomic E-state index is 12.9. The molecule has 2 aromatic rings. The van der Waals surface area contributed by atoms with E-state index in [0.717, 1.165) is 30.6 Å². The molecule has 1 aromatic carbocycles. The largest absolute Gasteiger partial charge is 0.355 e. The first-order valence-corrected chi connectivity index (χ1v) is 7.95. The molecule has 0 aliphatic heterocycles. The van der Waals surface area contributed by atoms with Gasteiger partial charge in [-0.3, -0.25) is 4.79 Å². The third-order valence-electron chi connectivity index (χ3n) is 4.26. The van der Waals surface area contributed by atoms with Gasteiger partial charge in [-0.1, -0.05) is 0 Å². The maximum absolute atomic E-state index is 12.9. The number of benzene rings is 1. The Hall–Kier alpha value is -2.21. The van der Waals surface area contributed by atoms with Crippen LogP contribution in [0.3, 0.4) is 0 Å². The molecule has 0 bridgehead atoms. The van der Waals surface area contributed by atoms with Crippen LogP contribution >= 0.6 is 0 Å². The van der Waals surface area contributed by atoms with E-state index < -0.39 is 0 Å². The highest BCUT2D eigenvalue weighted by atomic mass is 19.1. The van der Waals surface area contributed by atoms with E-state index in [2.05, 4.69) is 10.4 Å². The van der Waals surface area contributed by atoms with Crippen LogP contribution in [0.15, 0.2) is 36.5 Å². The maximum Gasteiger partial charge on any atom is 0.223 e. The van der Waals surface area contributed by atoms with E-state index in [1.807, 2.05) is 12.3 Å². The Morgan fingerprint density at radius 3 is 2.78 bits per heavy atom. The number of nitrogens with two attached hydrogens (primary N) is 1. The SMILES string of the molecule is NC1CCC(C(=O)NCCc2ccn(-c3ccc(F)cc3)n2)C1. The summed E-state index contributed by atoms with van der Waals surface area (Å²) in [6.07, 6.45) is 5.09. The normalized spacial score (nSPS) is 20.6. The Morgan fingerprint density at radius 1 is 1.30 bits per heavy atom. The number of rotatable bonds is 5. The lowest BCUT2D eigenvalue weighted by Crippen LogP contribution is -2.32. The van der Waals surface area contributed by atoms with Crippen molar-refractivity contribution in [2.75, 3.05) is 6.54 Å². The van der Waals surface area contributed by atoms with E-state index in [-0.39, 0.29) is 23.7 Å². The van der Waals surface area contributed by atoms with Crippen molar-refractivity contribution < 1.29 is 9.18 Å². The molecular formula is C17H21FN4O. The van der Waals surface area contributed by atoms with Crippen LogP contribution in [0, 0.1) is 11.7 Å². The number of aromatic nitrogens is 2. The van der Waals surface area contributed by atoms with Crippen LogP contribution in [-0.2, 0) is 11.2 Å². The van der Waals surface area contributed by atoms with Crippen LogP contribution in [-0.4, -0.2) is 28.3 Å². The van der Waals surface area contributed by atoms with Gasteiger partial charge in [0, 0.05) is 31.1 Å². The number of nitrogens with one attached hydrogen (secondary N) is 1. The lowest BCUT2D eigenvalue weighted by Gasteiger charge is -2.10. The fourth-order valence-electron chi connectivity index (χ4n) is 2.95. The van der Waals surface area contributed by atoms with Gasteiger partial charge in [-0.25, -0.2) is 9.07 Å². The zero-order chi connectivity index (χ0) is 16.2. The van der Waals surface area contributed by atoms with Crippen molar-refractivity contribution in [3.8, 4) is 5.69 Å². The van der Waals surface area contributed by atoms with Crippen LogP contribution in [0.5, 0.6) is 0 Å². The number of nitrogens with zero attached hydrogens (tertiary/aromatic N) is 2. The van der Waals surface area contributed by atoms with Crippen LogP contribution in [0.4, 0.5) is 4.39 Å². The quantitative estimate of drug-likeness (QED) is 0.883. The van der Waals surface area contributed by atoms with Gasteiger partial charge < -0.3 is 11.1 Å². The summed E-state index contributed by atoms with van der Waals surface area (Å²) in [7, 11) is 0. The highest BCUT2D eigenvalue weighted by Gasteiger charge is 2.27. The van der Waals surface area contributed by atoms with Gasteiger partial charge in [0.25, 0.3) is 0 Å². The van der Waals surface area contributed by atoms with E-state index in [0.29, 0.717) is 13.0 Å². The molecule has 0 saturated heterocycles. The summed E-state index contributed by atoms with van der Waals surface area (Å²) in [4.78, 5) is 12.0. The Bertz CT molecular complexity index is 667. The van der Waals surface area contributed by atoms with Gasteiger partial charge in [0.05, 0.1) is 11.4 Å². The molecule has 1 amide bonds. The number of hydrogen-bond donors (Lipinski definition) is 2. The number of carbonyl (C=O) groups is 1. The molecule has 1 heterocycles. The van der Waals surface area contributed by atoms with E-state index in [9.17, 15) is 9.18 Å². The molecule has 3 rings (SSSR count). The van der Waals surface area contributed by atoms with E-state index >= 15 is 0 Å². The van der Waals surface area contributed by atoms with E-state index in [1.54, 1.807) is 16.8 Å². The molecule has 1 aliphatic rings. The predicted octanol–water partition coefficient (Wildman–Crippen LogP) is 1.80. The second-order valence-electron chi connectivity index (χ2n) is 6.04. The van der Waals surface area contributed by atoms with Gasteiger partial charge in [-0.15, -0.1) is 0 Å². The van der Waals surface area contributed by atoms with Gasteiger partial charge in [0.1, 0.15) is 5.82 Å². The van der Waals surface area contributed by atoms with E-state index in [1.165, 1.54) is 12.1 Å². The first-order chi connectivity index (χ1) is 11.1. The highest BCUT2D eigenvalue weighted by molar-refractivity contribution is 5.78. The molecule has 23 heavy (non-hydrogen) atoms. The van der Waals surface area contributed by atoms with Gasteiger partial charge in [-0.05, 0) is 49.6 Å². The Morgan fingerprint density at radius 2 is 2.09 bits per heavy atom. The molecule has 2 atom stereocenters. The van der Waals surface area contributed by atoms with Gasteiger partial charge in [-0.2, -0.15) is 5.10 Å². The van der Waals surface area contributed by atoms with Gasteiger partial charge in [0.15, 0.2) is 0 Å². The minimum absolute atomic E-state index is 0.0572. The molecule has 122 valence electrons. The standard InChI is InChI=1S/C17H21FN4O/c18-13-2-5-16(6-3-13)22-10-8-15(21-22)7-9-20-17(23)12-1-4-14(19)11-12/h2-3,5-6,8,10,12,14H,1,4,7,9,11,19H2,(H,20,23). The van der Waals surface area contributed by atoms with Gasteiger partial charge >= 0.3 is 0 Å². The summed E-state index contributed by atoms with van der Waals surface area (Å²) in [6, 6.07) is 8.24. The number of carbonyl (C=O) groups excluding carboxylic acids is 1. The highest BCUT2D eigenvalue weighted by Crippen LogP contribution is 2.23. The molecule has 3 N–H and O–H groups in total. The summed E-state index contributed by atoms with van der Waals surface area (Å²) in [5.74, 6) is -0.117. The molecule has 5 nitrogen and oxygen atoms in total. The lowest BCUT2D eigenvalue weighted by atomic mass is 10.1. The monoisotopic (exact) mass is 316 g/mol. The smallest absolute Gasteiger partial charge is 0.223 e. The van der Waals surface area contributed by atoms with Crippen molar-refractivity contribution in [2.24, 2.45) is 11.7 Å². The Balaban J connectivity index is 1.49. The molecule has 1 aliphatic carbocycles. The van der Waals surface area contributed by atoms with Crippen molar-refractivity contribution in [2.45, 2.75) is 31.7 Å². The van der Waals surface area contributed by atoms with E-state index in [4.69, 9.17) is 5.73 Å². The average Bonchev–Trinajstić information content (AvgIpc) is 3.17. The summed E-state index contributed by atoms with van der Waals surface area (Å²) in [6.45, 7) is 0.561. The van der Waals surface area contributed by atoms with Crippen LogP contribution in [0.25, 0.3) is 5.69 Å². The fourth-order valence-corrected chi connectivity index (χ4v) is 2.95. The average molecular weight is 316 g/mol. The number of hydrogen-bond acceptors (Lipinski definition) is 3. The molecular weight excluding hydrogens is 295 g/mol. The minimum atomic E-state index is -0.268. The molecule has 1 fully saturated rings. The third-order valence-corrected chi connectivity index (χ3v) is 4.26. The summed E-state index contributed by atoms with van der Waals surface area (Å²) >= 11 is 0. The van der Waals surface area contributed by atoms with Crippen molar-refractivity contribution in [1.29, 1.82) is 0 Å². The zero-order valence-corrected chi connectivity index (χ0v) is 12.9. The second kappa shape index (κ2) is 6.91. The third kappa shape index (κ3) is 3.96. The minimum Gasteiger partial charge on any atom is -0.355 e. The molecule has 0 spiro atoms. The molecule has 6 heteroatoms.